The first-order valence-corrected chi connectivity index (χ1v) is 12.6. The van der Waals surface area contributed by atoms with Gasteiger partial charge in [-0.15, -0.1) is 0 Å². The van der Waals surface area contributed by atoms with E-state index in [-0.39, 0.29) is 29.6 Å². The van der Waals surface area contributed by atoms with Gasteiger partial charge in [0.1, 0.15) is 22.8 Å². The minimum atomic E-state index is -2.90. The van der Waals surface area contributed by atoms with Gasteiger partial charge in [0.2, 0.25) is 5.92 Å². The number of aromatic hydroxyl groups is 1. The number of piperidine rings is 1. The second kappa shape index (κ2) is 9.04. The van der Waals surface area contributed by atoms with Crippen molar-refractivity contribution in [2.45, 2.75) is 38.5 Å². The van der Waals surface area contributed by atoms with Gasteiger partial charge in [0, 0.05) is 31.3 Å². The number of alkyl halides is 2. The highest BCUT2D eigenvalue weighted by Gasteiger charge is 2.35. The molecular weight excluding hydrogens is 481 g/mol. The molecule has 4 aromatic rings. The summed E-state index contributed by atoms with van der Waals surface area (Å²) in [5.41, 5.74) is 0.479. The summed E-state index contributed by atoms with van der Waals surface area (Å²) < 4.78 is 48.5. The summed E-state index contributed by atoms with van der Waals surface area (Å²) in [4.78, 5) is 15.5. The quantitative estimate of drug-likeness (QED) is 0.327. The Morgan fingerprint density at radius 3 is 2.59 bits per heavy atom. The number of anilines is 1. The molecule has 0 amide bonds. The zero-order valence-electron chi connectivity index (χ0n) is 20.4. The van der Waals surface area contributed by atoms with E-state index >= 15 is 4.39 Å². The van der Waals surface area contributed by atoms with Crippen molar-refractivity contribution < 1.29 is 23.0 Å². The lowest BCUT2D eigenvalue weighted by atomic mass is 9.98. The van der Waals surface area contributed by atoms with Crippen molar-refractivity contribution >= 4 is 27.5 Å². The van der Waals surface area contributed by atoms with Gasteiger partial charge in [-0.2, -0.15) is 9.97 Å². The van der Waals surface area contributed by atoms with Crippen molar-refractivity contribution in [1.82, 2.24) is 15.0 Å². The summed E-state index contributed by atoms with van der Waals surface area (Å²) in [5, 5.41) is 12.2. The van der Waals surface area contributed by atoms with Gasteiger partial charge in [-0.25, -0.2) is 13.2 Å². The number of phenolic OH excluding ortho intramolecular Hbond substituents is 1. The number of rotatable bonds is 6. The highest BCUT2D eigenvalue weighted by Crippen LogP contribution is 2.41. The van der Waals surface area contributed by atoms with Crippen LogP contribution in [-0.2, 0) is 0 Å². The van der Waals surface area contributed by atoms with E-state index in [0.29, 0.717) is 28.6 Å². The number of aromatic nitrogens is 3. The first-order chi connectivity index (χ1) is 17.7. The molecule has 2 aromatic heterocycles. The number of benzene rings is 2. The van der Waals surface area contributed by atoms with Crippen molar-refractivity contribution in [3.8, 4) is 23.0 Å². The molecule has 1 aliphatic heterocycles. The van der Waals surface area contributed by atoms with Crippen molar-refractivity contribution in [3.63, 3.8) is 0 Å². The minimum absolute atomic E-state index is 0.00770. The molecule has 6 nitrogen and oxygen atoms in total. The number of hydrogen-bond acceptors (Lipinski definition) is 6. The van der Waals surface area contributed by atoms with Gasteiger partial charge >= 0.3 is 6.01 Å². The molecule has 9 heteroatoms. The number of fused-ring (bicyclic) bond motifs is 4. The first kappa shape index (κ1) is 23.8. The molecule has 2 aromatic carbocycles. The van der Waals surface area contributed by atoms with Crippen LogP contribution in [0.2, 0.25) is 0 Å². The zero-order valence-corrected chi connectivity index (χ0v) is 20.4. The Morgan fingerprint density at radius 2 is 1.84 bits per heavy atom. The summed E-state index contributed by atoms with van der Waals surface area (Å²) in [6, 6.07) is 10.3. The lowest BCUT2D eigenvalue weighted by Gasteiger charge is -2.33. The Labute approximate surface area is 212 Å². The van der Waals surface area contributed by atoms with Gasteiger partial charge in [0.05, 0.1) is 12.0 Å². The van der Waals surface area contributed by atoms with Crippen LogP contribution in [0.25, 0.3) is 32.9 Å². The molecule has 2 atom stereocenters. The third-order valence-electron chi connectivity index (χ3n) is 7.42. The molecule has 2 aliphatic rings. The van der Waals surface area contributed by atoms with Crippen LogP contribution >= 0.6 is 0 Å². The highest BCUT2D eigenvalue weighted by molar-refractivity contribution is 5.99. The molecule has 0 radical (unpaired) electrons. The van der Waals surface area contributed by atoms with Crippen LogP contribution in [-0.4, -0.2) is 45.7 Å². The second-order valence-electron chi connectivity index (χ2n) is 10.3. The number of phenols is 1. The van der Waals surface area contributed by atoms with Crippen molar-refractivity contribution in [2.75, 3.05) is 24.6 Å². The molecule has 2 bridgehead atoms. The maximum atomic E-state index is 16.2. The zero-order chi connectivity index (χ0) is 25.7. The van der Waals surface area contributed by atoms with E-state index in [1.807, 2.05) is 24.3 Å². The molecule has 2 fully saturated rings. The maximum absolute atomic E-state index is 16.2. The molecule has 6 rings (SSSR count). The monoisotopic (exact) mass is 508 g/mol. The third-order valence-corrected chi connectivity index (χ3v) is 7.42. The predicted molar refractivity (Wildman–Crippen MR) is 136 cm³/mol. The normalized spacial score (nSPS) is 19.6. The number of halogens is 3. The lowest BCUT2D eigenvalue weighted by molar-refractivity contribution is -0.00000908. The highest BCUT2D eigenvalue weighted by atomic mass is 19.3. The molecule has 192 valence electrons. The van der Waals surface area contributed by atoms with Gasteiger partial charge < -0.3 is 14.7 Å². The van der Waals surface area contributed by atoms with Crippen LogP contribution in [0.3, 0.4) is 0 Å². The van der Waals surface area contributed by atoms with Crippen LogP contribution in [0.15, 0.2) is 42.6 Å². The minimum Gasteiger partial charge on any atom is -0.508 e. The van der Waals surface area contributed by atoms with E-state index < -0.39 is 18.2 Å². The van der Waals surface area contributed by atoms with Crippen LogP contribution in [0.4, 0.5) is 19.0 Å². The predicted octanol–water partition coefficient (Wildman–Crippen LogP) is 6.35. The Hall–Kier alpha value is -3.62. The number of ether oxygens (including phenoxy) is 1. The fraction of sp³-hybridized carbons (Fsp3) is 0.393. The Bertz CT molecular complexity index is 1480. The van der Waals surface area contributed by atoms with Crippen molar-refractivity contribution in [1.29, 1.82) is 0 Å². The Morgan fingerprint density at radius 1 is 1.08 bits per heavy atom. The first-order valence-electron chi connectivity index (χ1n) is 12.6. The summed E-state index contributed by atoms with van der Waals surface area (Å²) in [6.45, 7) is 2.10. The molecule has 1 aliphatic carbocycles. The van der Waals surface area contributed by atoms with E-state index in [9.17, 15) is 13.9 Å². The van der Waals surface area contributed by atoms with Gasteiger partial charge in [-0.05, 0) is 60.9 Å². The summed E-state index contributed by atoms with van der Waals surface area (Å²) in [7, 11) is 0. The van der Waals surface area contributed by atoms with Crippen molar-refractivity contribution in [2.24, 2.45) is 11.8 Å². The lowest BCUT2D eigenvalue weighted by Crippen LogP contribution is -2.37. The van der Waals surface area contributed by atoms with E-state index in [2.05, 4.69) is 19.9 Å². The average molecular weight is 509 g/mol. The smallest absolute Gasteiger partial charge is 0.319 e. The standard InChI is InChI=1S/C28H27F3N4O2/c1-28(30,31)8-9-37-27-33-25-22(26(34-27)35-14-16-6-7-17(10-16)15-35)13-32-24(23(25)29)21-12-19(36)11-18-4-2-3-5-20(18)21/h2-5,11-13,16-17,36H,6-10,14-15H2,1H3. The maximum Gasteiger partial charge on any atom is 0.319 e. The van der Waals surface area contributed by atoms with Crippen molar-refractivity contribution in [3.05, 3.63) is 48.4 Å². The van der Waals surface area contributed by atoms with Crippen LogP contribution in [0.1, 0.15) is 32.6 Å². The van der Waals surface area contributed by atoms with Gasteiger partial charge in [0.15, 0.2) is 5.82 Å². The molecule has 1 N–H and O–H groups in total. The fourth-order valence-corrected chi connectivity index (χ4v) is 5.71. The topological polar surface area (TPSA) is 71.4 Å². The van der Waals surface area contributed by atoms with E-state index in [4.69, 9.17) is 4.74 Å². The second-order valence-corrected chi connectivity index (χ2v) is 10.3. The van der Waals surface area contributed by atoms with E-state index in [1.54, 1.807) is 12.3 Å². The molecule has 2 unspecified atom stereocenters. The largest absolute Gasteiger partial charge is 0.508 e. The van der Waals surface area contributed by atoms with Gasteiger partial charge in [-0.1, -0.05) is 24.3 Å². The van der Waals surface area contributed by atoms with E-state index in [1.165, 1.54) is 12.5 Å². The molecule has 1 saturated heterocycles. The Balaban J connectivity index is 1.49. The van der Waals surface area contributed by atoms with Gasteiger partial charge in [-0.3, -0.25) is 4.98 Å². The molecule has 1 saturated carbocycles. The summed E-state index contributed by atoms with van der Waals surface area (Å²) >= 11 is 0. The molecule has 0 spiro atoms. The fourth-order valence-electron chi connectivity index (χ4n) is 5.71. The van der Waals surface area contributed by atoms with Crippen LogP contribution in [0.5, 0.6) is 11.8 Å². The summed E-state index contributed by atoms with van der Waals surface area (Å²) in [5.74, 6) is -1.98. The Kier molecular flexibility index (Phi) is 5.81. The van der Waals surface area contributed by atoms with Crippen LogP contribution in [0, 0.1) is 17.7 Å². The van der Waals surface area contributed by atoms with E-state index in [0.717, 1.165) is 43.6 Å². The SMILES string of the molecule is CC(F)(F)CCOc1nc(N2CC3CCC(C3)C2)c2cnc(-c3cc(O)cc4ccccc34)c(F)c2n1. The van der Waals surface area contributed by atoms with Crippen LogP contribution < -0.4 is 9.64 Å². The molecule has 3 heterocycles. The third kappa shape index (κ3) is 4.63. The number of hydrogen-bond donors (Lipinski definition) is 1. The summed E-state index contributed by atoms with van der Waals surface area (Å²) in [6.07, 6.45) is 4.54. The number of nitrogens with zero attached hydrogens (tertiary/aromatic N) is 4. The van der Waals surface area contributed by atoms with Gasteiger partial charge in [0.25, 0.3) is 0 Å². The number of pyridine rings is 1. The average Bonchev–Trinajstić information content (AvgIpc) is 3.20. The molecular formula is C28H27F3N4O2. The molecule has 37 heavy (non-hydrogen) atoms.